The summed E-state index contributed by atoms with van der Waals surface area (Å²) in [6.07, 6.45) is 0. The van der Waals surface area contributed by atoms with Gasteiger partial charge in [-0.25, -0.2) is 9.78 Å². The van der Waals surface area contributed by atoms with E-state index in [2.05, 4.69) is 27.0 Å². The zero-order valence-electron chi connectivity index (χ0n) is 13.1. The van der Waals surface area contributed by atoms with Crippen LogP contribution in [0.5, 0.6) is 0 Å². The number of aromatic nitrogens is 1. The Morgan fingerprint density at radius 2 is 2.08 bits per heavy atom. The Morgan fingerprint density at radius 3 is 2.83 bits per heavy atom. The number of hydrogen-bond acceptors (Lipinski definition) is 5. The van der Waals surface area contributed by atoms with Crippen molar-refractivity contribution >= 4 is 38.7 Å². The lowest BCUT2D eigenvalue weighted by molar-refractivity contribution is 0.559. The van der Waals surface area contributed by atoms with Gasteiger partial charge in [-0.3, -0.25) is 0 Å². The van der Waals surface area contributed by atoms with E-state index in [-0.39, 0.29) is 5.63 Å². The summed E-state index contributed by atoms with van der Waals surface area (Å²) in [4.78, 5) is 16.3. The molecule has 0 spiro atoms. The van der Waals surface area contributed by atoms with Gasteiger partial charge >= 0.3 is 5.63 Å². The van der Waals surface area contributed by atoms with Crippen LogP contribution >= 0.6 is 27.7 Å². The highest BCUT2D eigenvalue weighted by Gasteiger charge is 2.12. The van der Waals surface area contributed by atoms with Crippen LogP contribution in [0, 0.1) is 25.2 Å². The molecule has 4 nitrogen and oxygen atoms in total. The fraction of sp³-hybridized carbons (Fsp3) is 0.167. The number of fused-ring (bicyclic) bond motifs is 1. The lowest BCUT2D eigenvalue weighted by atomic mass is 10.1. The molecule has 0 unspecified atom stereocenters. The van der Waals surface area contributed by atoms with E-state index in [9.17, 15) is 10.1 Å². The van der Waals surface area contributed by atoms with E-state index in [4.69, 9.17) is 4.42 Å². The van der Waals surface area contributed by atoms with E-state index in [0.717, 1.165) is 26.7 Å². The van der Waals surface area contributed by atoms with Crippen molar-refractivity contribution in [2.75, 3.05) is 0 Å². The van der Waals surface area contributed by atoms with Gasteiger partial charge in [-0.15, -0.1) is 11.8 Å². The van der Waals surface area contributed by atoms with Gasteiger partial charge in [0.1, 0.15) is 16.7 Å². The molecule has 3 rings (SSSR count). The number of aryl methyl sites for hydroxylation is 2. The first-order valence-electron chi connectivity index (χ1n) is 7.21. The number of nitriles is 1. The second kappa shape index (κ2) is 6.80. The second-order valence-corrected chi connectivity index (χ2v) is 7.27. The summed E-state index contributed by atoms with van der Waals surface area (Å²) in [7, 11) is 0. The van der Waals surface area contributed by atoms with Crippen LogP contribution in [-0.4, -0.2) is 4.98 Å². The van der Waals surface area contributed by atoms with Crippen molar-refractivity contribution in [3.05, 3.63) is 67.6 Å². The molecule has 24 heavy (non-hydrogen) atoms. The maximum absolute atomic E-state index is 11.8. The summed E-state index contributed by atoms with van der Waals surface area (Å²) in [6, 6.07) is 11.2. The van der Waals surface area contributed by atoms with Crippen molar-refractivity contribution in [3.63, 3.8) is 0 Å². The zero-order chi connectivity index (χ0) is 17.3. The topological polar surface area (TPSA) is 66.9 Å². The normalized spacial score (nSPS) is 10.8. The van der Waals surface area contributed by atoms with Gasteiger partial charge in [-0.1, -0.05) is 15.9 Å². The molecule has 0 aliphatic rings. The van der Waals surface area contributed by atoms with Gasteiger partial charge in [0.15, 0.2) is 0 Å². The molecular weight excluding hydrogens is 388 g/mol. The van der Waals surface area contributed by atoms with E-state index >= 15 is 0 Å². The predicted molar refractivity (Wildman–Crippen MR) is 98.2 cm³/mol. The van der Waals surface area contributed by atoms with Crippen molar-refractivity contribution in [1.29, 1.82) is 5.26 Å². The average Bonchev–Trinajstić information content (AvgIpc) is 2.51. The quantitative estimate of drug-likeness (QED) is 0.469. The summed E-state index contributed by atoms with van der Waals surface area (Å²) >= 11 is 4.83. The standard InChI is InChI=1S/C18H13BrN2O2S/c1-10-5-11(2)21-18(15(10)8-20)24-9-12-6-17(22)23-16-7-13(19)3-4-14(12)16/h3-7H,9H2,1-2H3. The maximum Gasteiger partial charge on any atom is 0.336 e. The lowest BCUT2D eigenvalue weighted by Gasteiger charge is -2.09. The summed E-state index contributed by atoms with van der Waals surface area (Å²) < 4.78 is 6.11. The average molecular weight is 401 g/mol. The first kappa shape index (κ1) is 16.7. The lowest BCUT2D eigenvalue weighted by Crippen LogP contribution is -2.00. The van der Waals surface area contributed by atoms with Crippen molar-refractivity contribution in [3.8, 4) is 6.07 Å². The first-order valence-corrected chi connectivity index (χ1v) is 8.99. The molecular formula is C18H13BrN2O2S. The van der Waals surface area contributed by atoms with Gasteiger partial charge in [-0.05, 0) is 49.2 Å². The van der Waals surface area contributed by atoms with E-state index in [0.29, 0.717) is 21.9 Å². The Bertz CT molecular complexity index is 1040. The van der Waals surface area contributed by atoms with Crippen LogP contribution in [-0.2, 0) is 5.75 Å². The molecule has 0 bridgehead atoms. The van der Waals surface area contributed by atoms with Gasteiger partial charge < -0.3 is 4.42 Å². The fourth-order valence-electron chi connectivity index (χ4n) is 2.51. The zero-order valence-corrected chi connectivity index (χ0v) is 15.5. The Hall–Kier alpha value is -2.10. The van der Waals surface area contributed by atoms with Gasteiger partial charge in [0.2, 0.25) is 0 Å². The monoisotopic (exact) mass is 400 g/mol. The molecule has 0 amide bonds. The molecule has 0 radical (unpaired) electrons. The van der Waals surface area contributed by atoms with Crippen LogP contribution in [0.25, 0.3) is 11.0 Å². The highest BCUT2D eigenvalue weighted by molar-refractivity contribution is 9.10. The largest absolute Gasteiger partial charge is 0.423 e. The highest BCUT2D eigenvalue weighted by atomic mass is 79.9. The SMILES string of the molecule is Cc1cc(C)c(C#N)c(SCc2cc(=O)oc3cc(Br)ccc23)n1. The summed E-state index contributed by atoms with van der Waals surface area (Å²) in [5.41, 5.74) is 3.39. The minimum atomic E-state index is -0.384. The number of nitrogens with zero attached hydrogens (tertiary/aromatic N) is 2. The molecule has 0 atom stereocenters. The van der Waals surface area contributed by atoms with E-state index in [1.807, 2.05) is 32.0 Å². The fourth-order valence-corrected chi connectivity index (χ4v) is 3.94. The van der Waals surface area contributed by atoms with Gasteiger partial charge in [0.05, 0.1) is 5.56 Å². The van der Waals surface area contributed by atoms with Crippen molar-refractivity contribution in [2.45, 2.75) is 24.6 Å². The minimum absolute atomic E-state index is 0.384. The third kappa shape index (κ3) is 3.37. The number of benzene rings is 1. The number of thioether (sulfide) groups is 1. The molecule has 0 aliphatic carbocycles. The number of rotatable bonds is 3. The molecule has 2 heterocycles. The van der Waals surface area contributed by atoms with Gasteiger partial charge in [-0.2, -0.15) is 5.26 Å². The predicted octanol–water partition coefficient (Wildman–Crippen LogP) is 4.73. The first-order chi connectivity index (χ1) is 11.5. The van der Waals surface area contributed by atoms with Crippen molar-refractivity contribution in [1.82, 2.24) is 4.98 Å². The maximum atomic E-state index is 11.8. The van der Waals surface area contributed by atoms with Crippen LogP contribution in [0.3, 0.4) is 0 Å². The van der Waals surface area contributed by atoms with Crippen LogP contribution in [0.4, 0.5) is 0 Å². The highest BCUT2D eigenvalue weighted by Crippen LogP contribution is 2.30. The number of hydrogen-bond donors (Lipinski definition) is 0. The molecule has 0 saturated carbocycles. The summed E-state index contributed by atoms with van der Waals surface area (Å²) in [6.45, 7) is 3.81. The Kier molecular flexibility index (Phi) is 4.74. The molecule has 0 saturated heterocycles. The molecule has 3 aromatic rings. The van der Waals surface area contributed by atoms with Crippen molar-refractivity contribution in [2.24, 2.45) is 0 Å². The molecule has 120 valence electrons. The van der Waals surface area contributed by atoms with E-state index in [1.54, 1.807) is 6.07 Å². The van der Waals surface area contributed by atoms with E-state index in [1.165, 1.54) is 17.8 Å². The molecule has 0 fully saturated rings. The van der Waals surface area contributed by atoms with Gasteiger partial charge in [0, 0.05) is 27.4 Å². The van der Waals surface area contributed by atoms with E-state index < -0.39 is 0 Å². The van der Waals surface area contributed by atoms with Crippen LogP contribution in [0.1, 0.15) is 22.4 Å². The van der Waals surface area contributed by atoms with Crippen LogP contribution < -0.4 is 5.63 Å². The molecule has 6 heteroatoms. The van der Waals surface area contributed by atoms with Crippen LogP contribution in [0.2, 0.25) is 0 Å². The van der Waals surface area contributed by atoms with Crippen molar-refractivity contribution < 1.29 is 4.42 Å². The number of halogens is 1. The third-order valence-corrected chi connectivity index (χ3v) is 5.10. The second-order valence-electron chi connectivity index (χ2n) is 5.39. The number of pyridine rings is 1. The minimum Gasteiger partial charge on any atom is -0.423 e. The smallest absolute Gasteiger partial charge is 0.336 e. The molecule has 2 aromatic heterocycles. The molecule has 0 aliphatic heterocycles. The molecule has 0 N–H and O–H groups in total. The third-order valence-electron chi connectivity index (χ3n) is 3.58. The Morgan fingerprint density at radius 1 is 1.29 bits per heavy atom. The molecule has 1 aromatic carbocycles. The van der Waals surface area contributed by atoms with Crippen LogP contribution in [0.15, 0.2) is 49.0 Å². The Balaban J connectivity index is 2.01. The summed E-state index contributed by atoms with van der Waals surface area (Å²) in [5, 5.41) is 10.9. The Labute approximate surface area is 151 Å². The van der Waals surface area contributed by atoms with Gasteiger partial charge in [0.25, 0.3) is 0 Å². The summed E-state index contributed by atoms with van der Waals surface area (Å²) in [5.74, 6) is 0.536.